The number of para-hydroxylation sites is 1. The van der Waals surface area contributed by atoms with Crippen LogP contribution in [0.2, 0.25) is 0 Å². The summed E-state index contributed by atoms with van der Waals surface area (Å²) in [7, 11) is 0. The number of likely N-dealkylation sites (tertiary alicyclic amines) is 1. The van der Waals surface area contributed by atoms with Crippen LogP contribution in [0.5, 0.6) is 0 Å². The summed E-state index contributed by atoms with van der Waals surface area (Å²) in [4.78, 5) is 19.4. The first-order valence-corrected chi connectivity index (χ1v) is 9.32. The molecule has 0 unspecified atom stereocenters. The third kappa shape index (κ3) is 3.40. The molecule has 134 valence electrons. The number of aromatic nitrogens is 2. The van der Waals surface area contributed by atoms with Gasteiger partial charge in [0, 0.05) is 0 Å². The minimum atomic E-state index is -0.310. The maximum Gasteiger partial charge on any atom is 0.266 e. The van der Waals surface area contributed by atoms with Crippen LogP contribution in [-0.2, 0) is 6.54 Å². The van der Waals surface area contributed by atoms with Crippen molar-refractivity contribution in [1.82, 2.24) is 9.55 Å². The Kier molecular flexibility index (Phi) is 4.80. The van der Waals surface area contributed by atoms with Gasteiger partial charge >= 0.3 is 0 Å². The van der Waals surface area contributed by atoms with E-state index in [9.17, 15) is 9.18 Å². The zero-order valence-corrected chi connectivity index (χ0v) is 14.7. The SMILES string of the molecule is O=c1c2ccccc2nc(C[NH+]2CCCCCC2)n1-c1ccc(F)cc1. The Morgan fingerprint density at radius 2 is 1.65 bits per heavy atom. The number of hydrogen-bond acceptors (Lipinski definition) is 2. The molecule has 4 rings (SSSR count). The highest BCUT2D eigenvalue weighted by Gasteiger charge is 2.19. The lowest BCUT2D eigenvalue weighted by Crippen LogP contribution is -3.10. The molecule has 0 atom stereocenters. The van der Waals surface area contributed by atoms with E-state index in [1.54, 1.807) is 22.8 Å². The van der Waals surface area contributed by atoms with Gasteiger partial charge in [0.15, 0.2) is 5.82 Å². The minimum absolute atomic E-state index is 0.0913. The van der Waals surface area contributed by atoms with Gasteiger partial charge in [-0.1, -0.05) is 12.1 Å². The van der Waals surface area contributed by atoms with Gasteiger partial charge < -0.3 is 4.90 Å². The summed E-state index contributed by atoms with van der Waals surface area (Å²) < 4.78 is 15.0. The van der Waals surface area contributed by atoms with Crippen LogP contribution < -0.4 is 10.5 Å². The van der Waals surface area contributed by atoms with Gasteiger partial charge in [0.2, 0.25) is 0 Å². The van der Waals surface area contributed by atoms with E-state index in [1.807, 2.05) is 18.2 Å². The maximum atomic E-state index is 13.4. The van der Waals surface area contributed by atoms with Gasteiger partial charge in [0.1, 0.15) is 12.4 Å². The van der Waals surface area contributed by atoms with Crippen LogP contribution in [0.1, 0.15) is 31.5 Å². The van der Waals surface area contributed by atoms with E-state index in [-0.39, 0.29) is 11.4 Å². The summed E-state index contributed by atoms with van der Waals surface area (Å²) in [6.07, 6.45) is 4.98. The molecule has 1 aliphatic rings. The van der Waals surface area contributed by atoms with Gasteiger partial charge in [-0.05, 0) is 62.1 Å². The lowest BCUT2D eigenvalue weighted by molar-refractivity contribution is -0.913. The zero-order valence-electron chi connectivity index (χ0n) is 14.7. The highest BCUT2D eigenvalue weighted by Crippen LogP contribution is 2.13. The molecular weight excluding hydrogens is 329 g/mol. The van der Waals surface area contributed by atoms with Crippen molar-refractivity contribution in [2.75, 3.05) is 13.1 Å². The minimum Gasteiger partial charge on any atom is -0.329 e. The molecule has 0 bridgehead atoms. The third-order valence-electron chi connectivity index (χ3n) is 5.15. The Morgan fingerprint density at radius 1 is 0.962 bits per heavy atom. The van der Waals surface area contributed by atoms with Crippen molar-refractivity contribution in [2.45, 2.75) is 32.2 Å². The number of fused-ring (bicyclic) bond motifs is 1. The first kappa shape index (κ1) is 16.9. The predicted molar refractivity (Wildman–Crippen MR) is 100 cm³/mol. The second-order valence-corrected chi connectivity index (χ2v) is 7.00. The van der Waals surface area contributed by atoms with E-state index in [0.29, 0.717) is 17.6 Å². The van der Waals surface area contributed by atoms with Gasteiger partial charge in [0.05, 0.1) is 29.7 Å². The highest BCUT2D eigenvalue weighted by atomic mass is 19.1. The van der Waals surface area contributed by atoms with Crippen molar-refractivity contribution in [3.8, 4) is 5.69 Å². The van der Waals surface area contributed by atoms with Crippen LogP contribution in [0.3, 0.4) is 0 Å². The van der Waals surface area contributed by atoms with Crippen LogP contribution in [0.4, 0.5) is 4.39 Å². The summed E-state index contributed by atoms with van der Waals surface area (Å²) in [6.45, 7) is 2.91. The van der Waals surface area contributed by atoms with E-state index in [0.717, 1.165) is 24.4 Å². The normalized spacial score (nSPS) is 15.9. The maximum absolute atomic E-state index is 13.4. The Bertz CT molecular complexity index is 957. The molecular formula is C21H23FN3O+. The van der Waals surface area contributed by atoms with Crippen molar-refractivity contribution in [3.05, 3.63) is 70.5 Å². The molecule has 2 aromatic carbocycles. The molecule has 4 nitrogen and oxygen atoms in total. The molecule has 0 aliphatic carbocycles. The van der Waals surface area contributed by atoms with E-state index in [4.69, 9.17) is 4.98 Å². The number of hydrogen-bond donors (Lipinski definition) is 1. The van der Waals surface area contributed by atoms with Crippen LogP contribution in [0.15, 0.2) is 53.3 Å². The summed E-state index contributed by atoms with van der Waals surface area (Å²) in [6, 6.07) is 13.5. The van der Waals surface area contributed by atoms with E-state index < -0.39 is 0 Å². The average Bonchev–Trinajstić information content (AvgIpc) is 2.92. The van der Waals surface area contributed by atoms with Crippen LogP contribution in [0.25, 0.3) is 16.6 Å². The van der Waals surface area contributed by atoms with Crippen molar-refractivity contribution in [1.29, 1.82) is 0 Å². The van der Waals surface area contributed by atoms with E-state index >= 15 is 0 Å². The molecule has 1 aromatic heterocycles. The first-order valence-electron chi connectivity index (χ1n) is 9.32. The van der Waals surface area contributed by atoms with E-state index in [1.165, 1.54) is 42.7 Å². The summed E-state index contributed by atoms with van der Waals surface area (Å²) >= 11 is 0. The molecule has 3 aromatic rings. The molecule has 1 fully saturated rings. The molecule has 1 saturated heterocycles. The Balaban J connectivity index is 1.84. The van der Waals surface area contributed by atoms with Crippen LogP contribution in [-0.4, -0.2) is 22.6 Å². The van der Waals surface area contributed by atoms with Crippen molar-refractivity contribution >= 4 is 10.9 Å². The van der Waals surface area contributed by atoms with Crippen LogP contribution in [0, 0.1) is 5.82 Å². The fourth-order valence-corrected chi connectivity index (χ4v) is 3.78. The molecule has 1 N–H and O–H groups in total. The van der Waals surface area contributed by atoms with Gasteiger partial charge in [-0.25, -0.2) is 9.37 Å². The number of nitrogens with zero attached hydrogens (tertiary/aromatic N) is 2. The number of nitrogens with one attached hydrogen (secondary N) is 1. The lowest BCUT2D eigenvalue weighted by Gasteiger charge is -2.19. The Hall–Kier alpha value is -2.53. The summed E-state index contributed by atoms with van der Waals surface area (Å²) in [5.41, 5.74) is 1.30. The number of halogens is 1. The second-order valence-electron chi connectivity index (χ2n) is 7.00. The molecule has 5 heteroatoms. The molecule has 0 radical (unpaired) electrons. The zero-order chi connectivity index (χ0) is 17.9. The molecule has 26 heavy (non-hydrogen) atoms. The smallest absolute Gasteiger partial charge is 0.266 e. The molecule has 2 heterocycles. The number of quaternary nitrogens is 1. The fourth-order valence-electron chi connectivity index (χ4n) is 3.78. The third-order valence-corrected chi connectivity index (χ3v) is 5.15. The summed E-state index contributed by atoms with van der Waals surface area (Å²) in [5, 5.41) is 0.589. The largest absolute Gasteiger partial charge is 0.329 e. The second kappa shape index (κ2) is 7.38. The average molecular weight is 352 g/mol. The van der Waals surface area contributed by atoms with Gasteiger partial charge in [-0.15, -0.1) is 0 Å². The van der Waals surface area contributed by atoms with Crippen molar-refractivity contribution in [3.63, 3.8) is 0 Å². The van der Waals surface area contributed by atoms with Crippen molar-refractivity contribution in [2.24, 2.45) is 0 Å². The Morgan fingerprint density at radius 3 is 2.38 bits per heavy atom. The van der Waals surface area contributed by atoms with Crippen LogP contribution >= 0.6 is 0 Å². The Labute approximate surface area is 151 Å². The summed E-state index contributed by atoms with van der Waals surface area (Å²) in [5.74, 6) is 0.437. The standard InChI is InChI=1S/C21H22FN3O/c22-16-9-11-17(12-10-16)25-20(15-24-13-5-1-2-6-14-24)23-19-8-4-3-7-18(19)21(25)26/h3-4,7-12H,1-2,5-6,13-15H2/p+1. The quantitative estimate of drug-likeness (QED) is 0.787. The molecule has 1 aliphatic heterocycles. The first-order chi connectivity index (χ1) is 12.7. The van der Waals surface area contributed by atoms with Gasteiger partial charge in [-0.2, -0.15) is 0 Å². The lowest BCUT2D eigenvalue weighted by atomic mass is 10.2. The fraction of sp³-hybridized carbons (Fsp3) is 0.333. The molecule has 0 saturated carbocycles. The van der Waals surface area contributed by atoms with Crippen molar-refractivity contribution < 1.29 is 9.29 Å². The number of benzene rings is 2. The highest BCUT2D eigenvalue weighted by molar-refractivity contribution is 5.77. The monoisotopic (exact) mass is 352 g/mol. The predicted octanol–water partition coefficient (Wildman–Crippen LogP) is 2.48. The molecule has 0 amide bonds. The molecule has 0 spiro atoms. The van der Waals surface area contributed by atoms with Gasteiger partial charge in [-0.3, -0.25) is 9.36 Å². The topological polar surface area (TPSA) is 39.3 Å². The van der Waals surface area contributed by atoms with E-state index in [2.05, 4.69) is 0 Å². The number of rotatable bonds is 3. The van der Waals surface area contributed by atoms with Gasteiger partial charge in [0.25, 0.3) is 5.56 Å².